The summed E-state index contributed by atoms with van der Waals surface area (Å²) in [7, 11) is 0. The van der Waals surface area contributed by atoms with Crippen LogP contribution in [0.3, 0.4) is 0 Å². The van der Waals surface area contributed by atoms with Crippen molar-refractivity contribution < 1.29 is 5.11 Å². The molecule has 0 amide bonds. The van der Waals surface area contributed by atoms with E-state index in [-0.39, 0.29) is 6.61 Å². The molecule has 19 heavy (non-hydrogen) atoms. The second-order valence-electron chi connectivity index (χ2n) is 6.88. The van der Waals surface area contributed by atoms with Gasteiger partial charge in [0.2, 0.25) is 0 Å². The molecule has 0 aromatic carbocycles. The first kappa shape index (κ1) is 15.2. The van der Waals surface area contributed by atoms with Gasteiger partial charge in [-0.15, -0.1) is 0 Å². The van der Waals surface area contributed by atoms with Crippen LogP contribution >= 0.6 is 0 Å². The molecule has 4 nitrogen and oxygen atoms in total. The molecule has 2 atom stereocenters. The van der Waals surface area contributed by atoms with E-state index in [1.54, 1.807) is 0 Å². The first-order valence-corrected chi connectivity index (χ1v) is 7.90. The zero-order chi connectivity index (χ0) is 13.9. The molecule has 0 bridgehead atoms. The number of aliphatic hydroxyl groups excluding tert-OH is 1. The summed E-state index contributed by atoms with van der Waals surface area (Å²) in [5.74, 6) is 0. The number of aliphatic hydroxyl groups is 1. The van der Waals surface area contributed by atoms with Gasteiger partial charge in [0.05, 0.1) is 6.61 Å². The monoisotopic (exact) mass is 269 g/mol. The molecule has 1 heterocycles. The lowest BCUT2D eigenvalue weighted by Crippen LogP contribution is -2.54. The minimum absolute atomic E-state index is 0.0688. The fourth-order valence-electron chi connectivity index (χ4n) is 3.68. The molecule has 4 heteroatoms. The molecule has 0 radical (unpaired) electrons. The molecule has 1 saturated carbocycles. The van der Waals surface area contributed by atoms with Gasteiger partial charge in [-0.2, -0.15) is 0 Å². The van der Waals surface area contributed by atoms with Crippen molar-refractivity contribution >= 4 is 0 Å². The van der Waals surface area contributed by atoms with Gasteiger partial charge in [-0.1, -0.05) is 12.8 Å². The molecule has 2 unspecified atom stereocenters. The minimum Gasteiger partial charge on any atom is -0.394 e. The highest BCUT2D eigenvalue weighted by Gasteiger charge is 2.30. The fraction of sp³-hybridized carbons (Fsp3) is 1.00. The van der Waals surface area contributed by atoms with Crippen LogP contribution in [0, 0.1) is 0 Å². The molecule has 0 spiro atoms. The maximum absolute atomic E-state index is 9.28. The van der Waals surface area contributed by atoms with Crippen molar-refractivity contribution in [1.29, 1.82) is 0 Å². The first-order valence-electron chi connectivity index (χ1n) is 7.90. The number of nitrogens with zero attached hydrogens (tertiary/aromatic N) is 2. The molecule has 3 N–H and O–H groups in total. The fourth-order valence-corrected chi connectivity index (χ4v) is 3.68. The van der Waals surface area contributed by atoms with E-state index in [1.165, 1.54) is 38.8 Å². The number of hydrogen-bond acceptors (Lipinski definition) is 4. The van der Waals surface area contributed by atoms with Crippen molar-refractivity contribution in [1.82, 2.24) is 9.80 Å². The van der Waals surface area contributed by atoms with E-state index >= 15 is 0 Å². The Morgan fingerprint density at radius 1 is 1.21 bits per heavy atom. The van der Waals surface area contributed by atoms with Gasteiger partial charge >= 0.3 is 0 Å². The lowest BCUT2D eigenvalue weighted by molar-refractivity contribution is 0.0604. The van der Waals surface area contributed by atoms with Crippen molar-refractivity contribution in [3.63, 3.8) is 0 Å². The summed E-state index contributed by atoms with van der Waals surface area (Å²) in [5, 5.41) is 9.28. The van der Waals surface area contributed by atoms with E-state index in [0.717, 1.165) is 25.6 Å². The molecule has 0 aromatic heterocycles. The SMILES string of the molecule is CC(CC(C)(N)CO)N1CCN(C2CCCC2)CC1. The molecule has 1 aliphatic carbocycles. The zero-order valence-corrected chi connectivity index (χ0v) is 12.6. The summed E-state index contributed by atoms with van der Waals surface area (Å²) in [4.78, 5) is 5.22. The maximum Gasteiger partial charge on any atom is 0.0609 e. The average Bonchev–Trinajstić information content (AvgIpc) is 2.92. The van der Waals surface area contributed by atoms with Gasteiger partial charge in [-0.25, -0.2) is 0 Å². The van der Waals surface area contributed by atoms with Crippen LogP contribution in [0.2, 0.25) is 0 Å². The Bertz CT molecular complexity index is 269. The third-order valence-electron chi connectivity index (χ3n) is 4.94. The third-order valence-corrected chi connectivity index (χ3v) is 4.94. The lowest BCUT2D eigenvalue weighted by atomic mass is 9.94. The average molecular weight is 269 g/mol. The molecule has 112 valence electrons. The molecule has 0 aromatic rings. The van der Waals surface area contributed by atoms with E-state index in [1.807, 2.05) is 6.92 Å². The van der Waals surface area contributed by atoms with Gasteiger partial charge in [-0.3, -0.25) is 9.80 Å². The summed E-state index contributed by atoms with van der Waals surface area (Å²) >= 11 is 0. The van der Waals surface area contributed by atoms with E-state index in [9.17, 15) is 5.11 Å². The summed E-state index contributed by atoms with van der Waals surface area (Å²) in [6.07, 6.45) is 6.52. The Hall–Kier alpha value is -0.160. The lowest BCUT2D eigenvalue weighted by Gasteiger charge is -2.42. The number of hydrogen-bond donors (Lipinski definition) is 2. The summed E-state index contributed by atoms with van der Waals surface area (Å²) in [5.41, 5.74) is 5.62. The van der Waals surface area contributed by atoms with Crippen LogP contribution in [0.15, 0.2) is 0 Å². The largest absolute Gasteiger partial charge is 0.394 e. The quantitative estimate of drug-likeness (QED) is 0.783. The van der Waals surface area contributed by atoms with E-state index < -0.39 is 5.54 Å². The normalized spacial score (nSPS) is 28.4. The van der Waals surface area contributed by atoms with Crippen molar-refractivity contribution in [2.45, 2.75) is 63.6 Å². The standard InChI is InChI=1S/C15H31N3O/c1-13(11-15(2,16)12-19)17-7-9-18(10-8-17)14-5-3-4-6-14/h13-14,19H,3-12,16H2,1-2H3. The van der Waals surface area contributed by atoms with Crippen LogP contribution in [-0.4, -0.2) is 65.3 Å². The second kappa shape index (κ2) is 6.53. The van der Waals surface area contributed by atoms with Crippen molar-refractivity contribution in [2.24, 2.45) is 5.73 Å². The molecule has 1 aliphatic heterocycles. The Labute approximate surface area is 117 Å². The molecule has 2 rings (SSSR count). The van der Waals surface area contributed by atoms with E-state index in [0.29, 0.717) is 6.04 Å². The topological polar surface area (TPSA) is 52.7 Å². The Morgan fingerprint density at radius 2 is 1.79 bits per heavy atom. The Morgan fingerprint density at radius 3 is 2.32 bits per heavy atom. The molecule has 2 aliphatic rings. The van der Waals surface area contributed by atoms with Crippen molar-refractivity contribution in [3.8, 4) is 0 Å². The van der Waals surface area contributed by atoms with Gasteiger partial charge in [-0.05, 0) is 33.1 Å². The van der Waals surface area contributed by atoms with Crippen LogP contribution in [-0.2, 0) is 0 Å². The Kier molecular flexibility index (Phi) is 5.23. The van der Waals surface area contributed by atoms with Crippen LogP contribution in [0.5, 0.6) is 0 Å². The molecule has 1 saturated heterocycles. The van der Waals surface area contributed by atoms with E-state index in [4.69, 9.17) is 5.73 Å². The number of piperazine rings is 1. The molecular formula is C15H31N3O. The van der Waals surface area contributed by atoms with Crippen molar-refractivity contribution in [2.75, 3.05) is 32.8 Å². The Balaban J connectivity index is 1.76. The predicted molar refractivity (Wildman–Crippen MR) is 79.2 cm³/mol. The van der Waals surface area contributed by atoms with Gasteiger partial charge in [0, 0.05) is 43.8 Å². The molecular weight excluding hydrogens is 238 g/mol. The van der Waals surface area contributed by atoms with Crippen LogP contribution in [0.4, 0.5) is 0 Å². The maximum atomic E-state index is 9.28. The highest BCUT2D eigenvalue weighted by Crippen LogP contribution is 2.25. The number of nitrogens with two attached hydrogens (primary N) is 1. The van der Waals surface area contributed by atoms with Gasteiger partial charge < -0.3 is 10.8 Å². The third kappa shape index (κ3) is 4.15. The molecule has 2 fully saturated rings. The predicted octanol–water partition coefficient (Wildman–Crippen LogP) is 1.03. The smallest absolute Gasteiger partial charge is 0.0609 e. The minimum atomic E-state index is -0.442. The van der Waals surface area contributed by atoms with Crippen LogP contribution < -0.4 is 5.73 Å². The van der Waals surface area contributed by atoms with Gasteiger partial charge in [0.15, 0.2) is 0 Å². The number of rotatable bonds is 5. The van der Waals surface area contributed by atoms with E-state index in [2.05, 4.69) is 16.7 Å². The van der Waals surface area contributed by atoms with Crippen molar-refractivity contribution in [3.05, 3.63) is 0 Å². The summed E-state index contributed by atoms with van der Waals surface area (Å²) < 4.78 is 0. The van der Waals surface area contributed by atoms with Gasteiger partial charge in [0.25, 0.3) is 0 Å². The van der Waals surface area contributed by atoms with Crippen LogP contribution in [0.25, 0.3) is 0 Å². The summed E-state index contributed by atoms with van der Waals surface area (Å²) in [6.45, 7) is 8.97. The highest BCUT2D eigenvalue weighted by molar-refractivity contribution is 4.87. The van der Waals surface area contributed by atoms with Crippen LogP contribution in [0.1, 0.15) is 46.0 Å². The van der Waals surface area contributed by atoms with Gasteiger partial charge in [0.1, 0.15) is 0 Å². The zero-order valence-electron chi connectivity index (χ0n) is 12.6. The summed E-state index contributed by atoms with van der Waals surface area (Å²) in [6, 6.07) is 1.32. The second-order valence-corrected chi connectivity index (χ2v) is 6.88. The highest BCUT2D eigenvalue weighted by atomic mass is 16.3. The first-order chi connectivity index (χ1) is 9.02.